The van der Waals surface area contributed by atoms with Crippen LogP contribution in [0.5, 0.6) is 0 Å². The largest absolute Gasteiger partial charge is 0.416 e. The van der Waals surface area contributed by atoms with Gasteiger partial charge in [-0.2, -0.15) is 24.5 Å². The lowest BCUT2D eigenvalue weighted by Gasteiger charge is -2.18. The second-order valence-electron chi connectivity index (χ2n) is 6.96. The Kier molecular flexibility index (Phi) is 5.62. The number of thiophene rings is 1. The number of carbonyl (C=O) groups is 1. The summed E-state index contributed by atoms with van der Waals surface area (Å²) in [5.41, 5.74) is 0.363. The van der Waals surface area contributed by atoms with Crippen molar-refractivity contribution in [3.8, 4) is 0 Å². The Balaban J connectivity index is 1.33. The van der Waals surface area contributed by atoms with Crippen LogP contribution in [0.3, 0.4) is 0 Å². The maximum Gasteiger partial charge on any atom is 0.416 e. The van der Waals surface area contributed by atoms with Crippen LogP contribution in [-0.4, -0.2) is 37.5 Å². The number of amides is 2. The van der Waals surface area contributed by atoms with Crippen LogP contribution in [0.1, 0.15) is 11.1 Å². The number of anilines is 1. The lowest BCUT2D eigenvalue weighted by Crippen LogP contribution is -2.45. The summed E-state index contributed by atoms with van der Waals surface area (Å²) in [6.07, 6.45) is -0.845. The van der Waals surface area contributed by atoms with Crippen molar-refractivity contribution in [3.05, 3.63) is 58.3 Å². The summed E-state index contributed by atoms with van der Waals surface area (Å²) in [6.45, 7) is 0.775. The van der Waals surface area contributed by atoms with Crippen molar-refractivity contribution in [1.82, 2.24) is 5.32 Å². The van der Waals surface area contributed by atoms with E-state index in [1.165, 1.54) is 12.1 Å². The number of ether oxygens (including phenoxy) is 2. The molecule has 5 nitrogen and oxygen atoms in total. The van der Waals surface area contributed by atoms with Gasteiger partial charge in [-0.15, -0.1) is 0 Å². The number of alkyl halides is 3. The number of carbonyl (C=O) groups excluding carboxylic acids is 1. The zero-order valence-corrected chi connectivity index (χ0v) is 16.0. The maximum absolute atomic E-state index is 12.8. The monoisotopic (exact) mass is 424 g/mol. The highest BCUT2D eigenvalue weighted by Crippen LogP contribution is 2.33. The molecule has 4 rings (SSSR count). The molecular weight excluding hydrogens is 405 g/mol. The van der Waals surface area contributed by atoms with Crippen LogP contribution in [0, 0.1) is 5.92 Å². The Bertz CT molecular complexity index is 885. The Morgan fingerprint density at radius 1 is 1.17 bits per heavy atom. The summed E-state index contributed by atoms with van der Waals surface area (Å²) in [4.78, 5) is 12.3. The molecule has 9 heteroatoms. The Morgan fingerprint density at radius 2 is 2.00 bits per heavy atom. The number of halogens is 3. The van der Waals surface area contributed by atoms with Gasteiger partial charge in [0, 0.05) is 11.6 Å². The molecule has 2 amide bonds. The second-order valence-corrected chi connectivity index (χ2v) is 7.74. The van der Waals surface area contributed by atoms with Crippen molar-refractivity contribution in [2.45, 2.75) is 24.4 Å². The standard InChI is InChI=1S/C20H19F3N2O3S/c21-20(22,23)14-2-1-3-15(8-14)24-19(26)25-16-10-28-17-13(9-27-18(16)17)5-4-12-6-7-29-11-12/h1-8,11,13,16-18H,9-10H2,(H2,24,25,26)/t13-,16-,17+,18+/m0/s1. The molecular formula is C20H19F3N2O3S. The van der Waals surface area contributed by atoms with E-state index in [1.54, 1.807) is 11.3 Å². The summed E-state index contributed by atoms with van der Waals surface area (Å²) < 4.78 is 50.1. The van der Waals surface area contributed by atoms with E-state index in [9.17, 15) is 18.0 Å². The van der Waals surface area contributed by atoms with Gasteiger partial charge in [0.2, 0.25) is 0 Å². The first-order chi connectivity index (χ1) is 13.9. The van der Waals surface area contributed by atoms with Crippen molar-refractivity contribution in [3.63, 3.8) is 0 Å². The van der Waals surface area contributed by atoms with Gasteiger partial charge < -0.3 is 20.1 Å². The highest BCUT2D eigenvalue weighted by Gasteiger charge is 2.47. The van der Waals surface area contributed by atoms with Gasteiger partial charge >= 0.3 is 12.2 Å². The molecule has 0 unspecified atom stereocenters. The topological polar surface area (TPSA) is 59.6 Å². The molecule has 1 aromatic carbocycles. The van der Waals surface area contributed by atoms with E-state index in [0.717, 1.165) is 17.7 Å². The highest BCUT2D eigenvalue weighted by atomic mass is 32.1. The van der Waals surface area contributed by atoms with Gasteiger partial charge in [0.1, 0.15) is 6.10 Å². The van der Waals surface area contributed by atoms with Crippen LogP contribution >= 0.6 is 11.3 Å². The zero-order valence-electron chi connectivity index (χ0n) is 15.2. The lowest BCUT2D eigenvalue weighted by atomic mass is 9.99. The predicted octanol–water partition coefficient (Wildman–Crippen LogP) is 4.38. The molecule has 2 aromatic rings. The molecule has 2 aliphatic rings. The smallest absolute Gasteiger partial charge is 0.373 e. The van der Waals surface area contributed by atoms with Crippen LogP contribution in [0.25, 0.3) is 6.08 Å². The van der Waals surface area contributed by atoms with Crippen molar-refractivity contribution in [1.29, 1.82) is 0 Å². The van der Waals surface area contributed by atoms with Crippen molar-refractivity contribution in [2.24, 2.45) is 5.92 Å². The van der Waals surface area contributed by atoms with E-state index < -0.39 is 17.8 Å². The zero-order chi connectivity index (χ0) is 20.4. The minimum absolute atomic E-state index is 0.0664. The average Bonchev–Trinajstić information content (AvgIpc) is 3.39. The molecule has 0 radical (unpaired) electrons. The predicted molar refractivity (Wildman–Crippen MR) is 104 cm³/mol. The van der Waals surface area contributed by atoms with Gasteiger partial charge in [-0.1, -0.05) is 18.2 Å². The van der Waals surface area contributed by atoms with Crippen LogP contribution in [0.15, 0.2) is 47.2 Å². The Labute approximate surface area is 169 Å². The van der Waals surface area contributed by atoms with Crippen molar-refractivity contribution >= 4 is 29.1 Å². The first kappa shape index (κ1) is 19.9. The van der Waals surface area contributed by atoms with E-state index in [1.807, 2.05) is 22.9 Å². The first-order valence-electron chi connectivity index (χ1n) is 9.08. The molecule has 29 heavy (non-hydrogen) atoms. The van der Waals surface area contributed by atoms with Crippen molar-refractivity contribution in [2.75, 3.05) is 18.5 Å². The normalized spacial score (nSPS) is 26.6. The van der Waals surface area contributed by atoms with Crippen LogP contribution in [0.4, 0.5) is 23.7 Å². The van der Waals surface area contributed by atoms with Gasteiger partial charge in [0.15, 0.2) is 0 Å². The quantitative estimate of drug-likeness (QED) is 0.766. The summed E-state index contributed by atoms with van der Waals surface area (Å²) >= 11 is 1.62. The van der Waals surface area contributed by atoms with E-state index >= 15 is 0 Å². The molecule has 2 saturated heterocycles. The van der Waals surface area contributed by atoms with E-state index in [4.69, 9.17) is 9.47 Å². The lowest BCUT2D eigenvalue weighted by molar-refractivity contribution is -0.137. The third-order valence-electron chi connectivity index (χ3n) is 4.94. The summed E-state index contributed by atoms with van der Waals surface area (Å²) in [7, 11) is 0. The van der Waals surface area contributed by atoms with Gasteiger partial charge in [0.05, 0.1) is 30.9 Å². The Morgan fingerprint density at radius 3 is 2.76 bits per heavy atom. The second kappa shape index (κ2) is 8.17. The number of fused-ring (bicyclic) bond motifs is 1. The van der Waals surface area contributed by atoms with Crippen LogP contribution < -0.4 is 10.6 Å². The molecule has 0 spiro atoms. The summed E-state index contributed by atoms with van der Waals surface area (Å²) in [5.74, 6) is 0.0817. The molecule has 2 aliphatic heterocycles. The third-order valence-corrected chi connectivity index (χ3v) is 5.64. The minimum Gasteiger partial charge on any atom is -0.373 e. The van der Waals surface area contributed by atoms with E-state index in [2.05, 4.69) is 16.7 Å². The fourth-order valence-electron chi connectivity index (χ4n) is 3.53. The van der Waals surface area contributed by atoms with E-state index in [0.29, 0.717) is 6.61 Å². The molecule has 0 aliphatic carbocycles. The fourth-order valence-corrected chi connectivity index (χ4v) is 4.16. The van der Waals surface area contributed by atoms with Gasteiger partial charge in [-0.05, 0) is 40.6 Å². The van der Waals surface area contributed by atoms with Gasteiger partial charge in [-0.3, -0.25) is 0 Å². The minimum atomic E-state index is -4.47. The molecule has 0 saturated carbocycles. The number of nitrogens with one attached hydrogen (secondary N) is 2. The molecule has 2 N–H and O–H groups in total. The fraction of sp³-hybridized carbons (Fsp3) is 0.350. The first-order valence-corrected chi connectivity index (χ1v) is 10.0. The number of benzene rings is 1. The molecule has 3 heterocycles. The molecule has 1 aromatic heterocycles. The molecule has 154 valence electrons. The molecule has 4 atom stereocenters. The number of urea groups is 1. The van der Waals surface area contributed by atoms with E-state index in [-0.39, 0.29) is 36.5 Å². The van der Waals surface area contributed by atoms with Gasteiger partial charge in [0.25, 0.3) is 0 Å². The molecule has 0 bridgehead atoms. The maximum atomic E-state index is 12.8. The highest BCUT2D eigenvalue weighted by molar-refractivity contribution is 7.08. The number of hydrogen-bond donors (Lipinski definition) is 2. The number of rotatable bonds is 4. The summed E-state index contributed by atoms with van der Waals surface area (Å²) in [5, 5.41) is 9.23. The number of hydrogen-bond acceptors (Lipinski definition) is 4. The summed E-state index contributed by atoms with van der Waals surface area (Å²) in [6, 6.07) is 5.55. The Hall–Kier alpha value is -2.36. The molecule has 2 fully saturated rings. The van der Waals surface area contributed by atoms with Crippen LogP contribution in [-0.2, 0) is 15.7 Å². The van der Waals surface area contributed by atoms with Crippen molar-refractivity contribution < 1.29 is 27.4 Å². The third kappa shape index (κ3) is 4.63. The van der Waals surface area contributed by atoms with Crippen LogP contribution in [0.2, 0.25) is 0 Å². The average molecular weight is 424 g/mol. The van der Waals surface area contributed by atoms with Gasteiger partial charge in [-0.25, -0.2) is 4.79 Å². The SMILES string of the molecule is O=C(Nc1cccc(C(F)(F)F)c1)N[C@H]1CO[C@H]2[C@@H]1OC[C@@H]2C=Cc1ccsc1.